The van der Waals surface area contributed by atoms with E-state index in [0.717, 1.165) is 12.8 Å². The van der Waals surface area contributed by atoms with Crippen LogP contribution in [0.2, 0.25) is 0 Å². The van der Waals surface area contributed by atoms with Gasteiger partial charge in [0.25, 0.3) is 0 Å². The zero-order valence-corrected chi connectivity index (χ0v) is 11.3. The highest BCUT2D eigenvalue weighted by Crippen LogP contribution is 2.75. The van der Waals surface area contributed by atoms with Crippen LogP contribution in [0.1, 0.15) is 47.5 Å². The van der Waals surface area contributed by atoms with Gasteiger partial charge in [-0.05, 0) is 5.16 Å². The SMILES string of the molecule is CC(C)(C)P1C2(C)C=CC1(C)CC(=O)C2. The fraction of sp³-hybridized carbons (Fsp3) is 0.769. The minimum absolute atomic E-state index is 0.147. The molecule has 0 N–H and O–H groups in total. The molecule has 2 rings (SSSR count). The average molecular weight is 224 g/mol. The van der Waals surface area contributed by atoms with Crippen LogP contribution in [0, 0.1) is 0 Å². The number of carbonyl (C=O) groups excluding carboxylic acids is 1. The van der Waals surface area contributed by atoms with E-state index in [4.69, 9.17) is 0 Å². The molecule has 15 heavy (non-hydrogen) atoms. The number of ketones is 1. The highest BCUT2D eigenvalue weighted by atomic mass is 31.1. The molecule has 2 heteroatoms. The molecule has 2 bridgehead atoms. The van der Waals surface area contributed by atoms with Crippen molar-refractivity contribution in [3.8, 4) is 0 Å². The fourth-order valence-corrected chi connectivity index (χ4v) is 9.11. The second kappa shape index (κ2) is 2.94. The van der Waals surface area contributed by atoms with Crippen LogP contribution in [-0.4, -0.2) is 21.3 Å². The van der Waals surface area contributed by atoms with E-state index in [-0.39, 0.29) is 18.2 Å². The molecular weight excluding hydrogens is 203 g/mol. The first-order valence-corrected chi connectivity index (χ1v) is 7.04. The summed E-state index contributed by atoms with van der Waals surface area (Å²) in [5.74, 6) is 0.452. The fourth-order valence-electron chi connectivity index (χ4n) is 3.76. The number of hydrogen-bond donors (Lipinski definition) is 0. The molecule has 0 radical (unpaired) electrons. The molecule has 0 saturated carbocycles. The predicted octanol–water partition coefficient (Wildman–Crippen LogP) is 3.72. The van der Waals surface area contributed by atoms with Crippen LogP contribution in [0.3, 0.4) is 0 Å². The van der Waals surface area contributed by atoms with Gasteiger partial charge in [-0.3, -0.25) is 4.79 Å². The third-order valence-electron chi connectivity index (χ3n) is 3.60. The summed E-state index contributed by atoms with van der Waals surface area (Å²) >= 11 is 0. The van der Waals surface area contributed by atoms with E-state index in [0.29, 0.717) is 10.9 Å². The van der Waals surface area contributed by atoms with Gasteiger partial charge in [-0.15, -0.1) is 0 Å². The topological polar surface area (TPSA) is 17.1 Å². The van der Waals surface area contributed by atoms with Crippen LogP contribution in [-0.2, 0) is 4.79 Å². The molecule has 0 aromatic rings. The molecule has 0 aliphatic carbocycles. The number of carbonyl (C=O) groups is 1. The average Bonchev–Trinajstić information content (AvgIpc) is 2.13. The van der Waals surface area contributed by atoms with E-state index in [9.17, 15) is 4.79 Å². The molecule has 2 atom stereocenters. The Kier molecular flexibility index (Phi) is 2.22. The summed E-state index contributed by atoms with van der Waals surface area (Å²) in [4.78, 5) is 11.8. The van der Waals surface area contributed by atoms with Crippen LogP contribution in [0.25, 0.3) is 0 Å². The van der Waals surface area contributed by atoms with Crippen molar-refractivity contribution in [1.82, 2.24) is 0 Å². The number of allylic oxidation sites excluding steroid dienone is 2. The lowest BCUT2D eigenvalue weighted by Crippen LogP contribution is -2.42. The molecule has 2 heterocycles. The van der Waals surface area contributed by atoms with Gasteiger partial charge in [0.2, 0.25) is 0 Å². The smallest absolute Gasteiger partial charge is 0.135 e. The van der Waals surface area contributed by atoms with Gasteiger partial charge in [-0.1, -0.05) is 54.7 Å². The summed E-state index contributed by atoms with van der Waals surface area (Å²) in [7, 11) is -0.147. The maximum absolute atomic E-state index is 11.8. The minimum atomic E-state index is -0.147. The van der Waals surface area contributed by atoms with Crippen LogP contribution in [0.4, 0.5) is 0 Å². The lowest BCUT2D eigenvalue weighted by molar-refractivity contribution is -0.119. The maximum atomic E-state index is 11.8. The summed E-state index contributed by atoms with van der Waals surface area (Å²) in [6.45, 7) is 11.6. The first-order chi connectivity index (χ1) is 6.67. The molecule has 1 nitrogen and oxygen atoms in total. The van der Waals surface area contributed by atoms with Gasteiger partial charge in [0.05, 0.1) is 0 Å². The summed E-state index contributed by atoms with van der Waals surface area (Å²) in [5.41, 5.74) is 0. The van der Waals surface area contributed by atoms with Crippen molar-refractivity contribution in [3.63, 3.8) is 0 Å². The van der Waals surface area contributed by atoms with Crippen molar-refractivity contribution in [1.29, 1.82) is 0 Å². The highest BCUT2D eigenvalue weighted by molar-refractivity contribution is 7.63. The highest BCUT2D eigenvalue weighted by Gasteiger charge is 2.57. The monoisotopic (exact) mass is 224 g/mol. The van der Waals surface area contributed by atoms with Crippen molar-refractivity contribution in [2.75, 3.05) is 0 Å². The van der Waals surface area contributed by atoms with E-state index in [2.05, 4.69) is 46.8 Å². The molecule has 2 aliphatic rings. The zero-order valence-electron chi connectivity index (χ0n) is 10.4. The van der Waals surface area contributed by atoms with E-state index >= 15 is 0 Å². The largest absolute Gasteiger partial charge is 0.300 e. The number of rotatable bonds is 0. The summed E-state index contributed by atoms with van der Waals surface area (Å²) in [5, 5.41) is 0.665. The Morgan fingerprint density at radius 2 is 1.53 bits per heavy atom. The van der Waals surface area contributed by atoms with Crippen LogP contribution in [0.15, 0.2) is 12.2 Å². The molecule has 1 saturated heterocycles. The summed E-state index contributed by atoms with van der Waals surface area (Å²) in [6, 6.07) is 0. The van der Waals surface area contributed by atoms with Crippen molar-refractivity contribution in [2.24, 2.45) is 0 Å². The lowest BCUT2D eigenvalue weighted by Gasteiger charge is -2.51. The molecule has 0 aromatic heterocycles. The van der Waals surface area contributed by atoms with Crippen LogP contribution >= 0.6 is 7.92 Å². The zero-order chi connectivity index (χ0) is 11.5. The van der Waals surface area contributed by atoms with Crippen molar-refractivity contribution >= 4 is 13.7 Å². The molecular formula is C13H21OP. The normalized spacial score (nSPS) is 44.9. The predicted molar refractivity (Wildman–Crippen MR) is 66.9 cm³/mol. The van der Waals surface area contributed by atoms with Gasteiger partial charge < -0.3 is 0 Å². The molecule has 0 amide bonds. The Hall–Kier alpha value is -0.160. The van der Waals surface area contributed by atoms with Crippen LogP contribution < -0.4 is 0 Å². The summed E-state index contributed by atoms with van der Waals surface area (Å²) in [6.07, 6.45) is 6.19. The Bertz CT molecular complexity index is 315. The molecule has 2 unspecified atom stereocenters. The quantitative estimate of drug-likeness (QED) is 0.453. The van der Waals surface area contributed by atoms with Gasteiger partial charge in [0.1, 0.15) is 5.78 Å². The first kappa shape index (κ1) is 11.3. The van der Waals surface area contributed by atoms with Gasteiger partial charge in [0.15, 0.2) is 0 Å². The van der Waals surface area contributed by atoms with Gasteiger partial charge in [0, 0.05) is 23.2 Å². The van der Waals surface area contributed by atoms with E-state index in [1.165, 1.54) is 0 Å². The second-order valence-electron chi connectivity index (χ2n) is 6.45. The van der Waals surface area contributed by atoms with E-state index in [1.54, 1.807) is 0 Å². The van der Waals surface area contributed by atoms with Crippen molar-refractivity contribution < 1.29 is 4.79 Å². The van der Waals surface area contributed by atoms with Gasteiger partial charge in [-0.25, -0.2) is 0 Å². The van der Waals surface area contributed by atoms with Crippen LogP contribution in [0.5, 0.6) is 0 Å². The van der Waals surface area contributed by atoms with Gasteiger partial charge in [-0.2, -0.15) is 0 Å². The van der Waals surface area contributed by atoms with Gasteiger partial charge >= 0.3 is 0 Å². The Morgan fingerprint density at radius 3 is 1.87 bits per heavy atom. The third kappa shape index (κ3) is 1.60. The Labute approximate surface area is 94.1 Å². The molecule has 2 aliphatic heterocycles. The van der Waals surface area contributed by atoms with Crippen molar-refractivity contribution in [3.05, 3.63) is 12.2 Å². The minimum Gasteiger partial charge on any atom is -0.300 e. The first-order valence-electron chi connectivity index (χ1n) is 5.70. The van der Waals surface area contributed by atoms with Crippen molar-refractivity contribution in [2.45, 2.75) is 62.9 Å². The third-order valence-corrected chi connectivity index (χ3v) is 7.60. The number of fused-ring (bicyclic) bond motifs is 2. The Balaban J connectivity index is 2.47. The summed E-state index contributed by atoms with van der Waals surface area (Å²) < 4.78 is 0. The number of hydrogen-bond acceptors (Lipinski definition) is 1. The molecule has 1 fully saturated rings. The molecule has 0 aromatic carbocycles. The molecule has 0 spiro atoms. The second-order valence-corrected chi connectivity index (χ2v) is 10.5. The molecule has 84 valence electrons. The van der Waals surface area contributed by atoms with E-state index in [1.807, 2.05) is 0 Å². The standard InChI is InChI=1S/C13H21OP/c1-11(2,3)15-12(4)6-7-13(15,5)9-10(14)8-12/h6-7H,8-9H2,1-5H3. The van der Waals surface area contributed by atoms with E-state index < -0.39 is 0 Å². The number of Topliss-reactive ketones (excluding diaryl/α,β-unsaturated/α-hetero) is 1. The maximum Gasteiger partial charge on any atom is 0.135 e. The lowest BCUT2D eigenvalue weighted by atomic mass is 10.0. The Morgan fingerprint density at radius 1 is 1.13 bits per heavy atom.